The number of nitriles is 1. The van der Waals surface area contributed by atoms with Crippen LogP contribution in [0.1, 0.15) is 44.2 Å². The lowest BCUT2D eigenvalue weighted by molar-refractivity contribution is 0.254. The third-order valence-electron chi connectivity index (χ3n) is 5.16. The molecule has 0 aromatic carbocycles. The predicted molar refractivity (Wildman–Crippen MR) is 91.3 cm³/mol. The SMILES string of the molecule is N#CC1(c2ccccn2)CCN(S(=O)(=O)N2CCCCCC2)CC1. The molecule has 0 N–H and O–H groups in total. The summed E-state index contributed by atoms with van der Waals surface area (Å²) in [5.74, 6) is 0. The third-order valence-corrected chi connectivity index (χ3v) is 7.20. The fourth-order valence-corrected chi connectivity index (χ4v) is 5.30. The molecule has 0 radical (unpaired) electrons. The zero-order valence-corrected chi connectivity index (χ0v) is 14.7. The van der Waals surface area contributed by atoms with Gasteiger partial charge in [0.15, 0.2) is 0 Å². The van der Waals surface area contributed by atoms with Crippen LogP contribution in [-0.2, 0) is 15.6 Å². The molecule has 2 saturated heterocycles. The first-order valence-corrected chi connectivity index (χ1v) is 10.1. The zero-order chi connectivity index (χ0) is 17.0. The van der Waals surface area contributed by atoms with Crippen LogP contribution in [0.3, 0.4) is 0 Å². The molecule has 0 spiro atoms. The molecule has 1 aromatic rings. The van der Waals surface area contributed by atoms with E-state index in [4.69, 9.17) is 0 Å². The van der Waals surface area contributed by atoms with E-state index >= 15 is 0 Å². The van der Waals surface area contributed by atoms with Crippen molar-refractivity contribution in [1.82, 2.24) is 13.6 Å². The Balaban J connectivity index is 1.73. The molecule has 0 atom stereocenters. The minimum absolute atomic E-state index is 0.378. The Bertz CT molecular complexity index is 683. The van der Waals surface area contributed by atoms with Crippen molar-refractivity contribution in [1.29, 1.82) is 5.26 Å². The van der Waals surface area contributed by atoms with Crippen molar-refractivity contribution in [3.05, 3.63) is 30.1 Å². The first kappa shape index (κ1) is 17.3. The number of rotatable bonds is 3. The van der Waals surface area contributed by atoms with Gasteiger partial charge in [0.25, 0.3) is 10.2 Å². The van der Waals surface area contributed by atoms with E-state index in [1.807, 2.05) is 18.2 Å². The molecule has 2 fully saturated rings. The van der Waals surface area contributed by atoms with Crippen LogP contribution in [0.2, 0.25) is 0 Å². The Kier molecular flexibility index (Phi) is 5.18. The highest BCUT2D eigenvalue weighted by molar-refractivity contribution is 7.86. The Labute approximate surface area is 144 Å². The van der Waals surface area contributed by atoms with Gasteiger partial charge < -0.3 is 0 Å². The van der Waals surface area contributed by atoms with Crippen molar-refractivity contribution in [2.24, 2.45) is 0 Å². The topological polar surface area (TPSA) is 77.3 Å². The van der Waals surface area contributed by atoms with E-state index in [0.29, 0.717) is 39.0 Å². The summed E-state index contributed by atoms with van der Waals surface area (Å²) in [5.41, 5.74) is 0.0748. The smallest absolute Gasteiger partial charge is 0.260 e. The second kappa shape index (κ2) is 7.18. The van der Waals surface area contributed by atoms with Crippen LogP contribution >= 0.6 is 0 Å². The average Bonchev–Trinajstić information content (AvgIpc) is 2.92. The molecule has 2 aliphatic rings. The van der Waals surface area contributed by atoms with Crippen molar-refractivity contribution >= 4 is 10.2 Å². The summed E-state index contributed by atoms with van der Waals surface area (Å²) < 4.78 is 28.9. The molecule has 0 saturated carbocycles. The summed E-state index contributed by atoms with van der Waals surface area (Å²) in [7, 11) is -3.41. The molecule has 7 heteroatoms. The Morgan fingerprint density at radius 1 is 1.00 bits per heavy atom. The van der Waals surface area contributed by atoms with Gasteiger partial charge in [-0.05, 0) is 37.8 Å². The van der Waals surface area contributed by atoms with E-state index in [1.54, 1.807) is 14.8 Å². The third kappa shape index (κ3) is 3.32. The predicted octanol–water partition coefficient (Wildman–Crippen LogP) is 2.06. The van der Waals surface area contributed by atoms with E-state index < -0.39 is 15.6 Å². The fraction of sp³-hybridized carbons (Fsp3) is 0.647. The van der Waals surface area contributed by atoms with Gasteiger partial charge in [0.1, 0.15) is 5.41 Å². The molecule has 0 unspecified atom stereocenters. The summed E-state index contributed by atoms with van der Waals surface area (Å²) in [6.45, 7) is 1.98. The van der Waals surface area contributed by atoms with Gasteiger partial charge in [0.2, 0.25) is 0 Å². The van der Waals surface area contributed by atoms with Gasteiger partial charge in [-0.2, -0.15) is 22.3 Å². The molecular weight excluding hydrogens is 324 g/mol. The van der Waals surface area contributed by atoms with Crippen molar-refractivity contribution in [2.45, 2.75) is 43.9 Å². The van der Waals surface area contributed by atoms with Gasteiger partial charge in [-0.15, -0.1) is 0 Å². The van der Waals surface area contributed by atoms with Crippen molar-refractivity contribution in [3.63, 3.8) is 0 Å². The van der Waals surface area contributed by atoms with Crippen LogP contribution in [0.5, 0.6) is 0 Å². The maximum Gasteiger partial charge on any atom is 0.281 e. The average molecular weight is 348 g/mol. The fourth-order valence-electron chi connectivity index (χ4n) is 3.61. The highest BCUT2D eigenvalue weighted by Gasteiger charge is 2.42. The minimum Gasteiger partial charge on any atom is -0.260 e. The maximum absolute atomic E-state index is 12.9. The van der Waals surface area contributed by atoms with Gasteiger partial charge in [-0.1, -0.05) is 18.9 Å². The van der Waals surface area contributed by atoms with Crippen LogP contribution in [0, 0.1) is 11.3 Å². The monoisotopic (exact) mass is 348 g/mol. The number of aromatic nitrogens is 1. The van der Waals surface area contributed by atoms with Gasteiger partial charge in [0, 0.05) is 32.4 Å². The lowest BCUT2D eigenvalue weighted by Gasteiger charge is -2.38. The molecule has 1 aromatic heterocycles. The minimum atomic E-state index is -3.41. The molecule has 130 valence electrons. The maximum atomic E-state index is 12.9. The number of pyridine rings is 1. The molecule has 2 aliphatic heterocycles. The highest BCUT2D eigenvalue weighted by Crippen LogP contribution is 2.35. The van der Waals surface area contributed by atoms with Crippen LogP contribution in [-0.4, -0.2) is 48.2 Å². The normalized spacial score (nSPS) is 23.3. The first-order valence-electron chi connectivity index (χ1n) is 8.66. The Hall–Kier alpha value is -1.49. The summed E-state index contributed by atoms with van der Waals surface area (Å²) in [6.07, 6.45) is 6.74. The van der Waals surface area contributed by atoms with E-state index in [-0.39, 0.29) is 0 Å². The van der Waals surface area contributed by atoms with Gasteiger partial charge >= 0.3 is 0 Å². The number of hydrogen-bond acceptors (Lipinski definition) is 4. The Morgan fingerprint density at radius 3 is 2.17 bits per heavy atom. The lowest BCUT2D eigenvalue weighted by Crippen LogP contribution is -2.50. The molecule has 24 heavy (non-hydrogen) atoms. The largest absolute Gasteiger partial charge is 0.281 e. The number of piperidine rings is 1. The zero-order valence-electron chi connectivity index (χ0n) is 13.9. The molecule has 0 bridgehead atoms. The lowest BCUT2D eigenvalue weighted by atomic mass is 9.77. The molecule has 3 rings (SSSR count). The molecule has 0 aliphatic carbocycles. The van der Waals surface area contributed by atoms with E-state index in [0.717, 1.165) is 31.4 Å². The quantitative estimate of drug-likeness (QED) is 0.838. The van der Waals surface area contributed by atoms with Crippen molar-refractivity contribution in [2.75, 3.05) is 26.2 Å². The van der Waals surface area contributed by atoms with Crippen LogP contribution in [0.25, 0.3) is 0 Å². The van der Waals surface area contributed by atoms with Gasteiger partial charge in [-0.3, -0.25) is 4.98 Å². The first-order chi connectivity index (χ1) is 11.6. The molecule has 3 heterocycles. The van der Waals surface area contributed by atoms with Crippen LogP contribution in [0.15, 0.2) is 24.4 Å². The van der Waals surface area contributed by atoms with E-state index in [1.165, 1.54) is 0 Å². The van der Waals surface area contributed by atoms with E-state index in [2.05, 4.69) is 11.1 Å². The summed E-state index contributed by atoms with van der Waals surface area (Å²) in [4.78, 5) is 4.33. The highest BCUT2D eigenvalue weighted by atomic mass is 32.2. The van der Waals surface area contributed by atoms with Gasteiger partial charge in [-0.25, -0.2) is 0 Å². The summed E-state index contributed by atoms with van der Waals surface area (Å²) in [6, 6.07) is 7.96. The standard InChI is InChI=1S/C17H24N4O2S/c18-15-17(16-7-3-4-10-19-16)8-13-21(14-9-17)24(22,23)20-11-5-1-2-6-12-20/h3-4,7,10H,1-2,5-6,8-9,11-14H2. The summed E-state index contributed by atoms with van der Waals surface area (Å²) in [5, 5.41) is 9.70. The molecular formula is C17H24N4O2S. The second-order valence-corrected chi connectivity index (χ2v) is 8.56. The van der Waals surface area contributed by atoms with Crippen LogP contribution in [0.4, 0.5) is 0 Å². The van der Waals surface area contributed by atoms with E-state index in [9.17, 15) is 13.7 Å². The van der Waals surface area contributed by atoms with Crippen molar-refractivity contribution < 1.29 is 8.42 Å². The van der Waals surface area contributed by atoms with Crippen molar-refractivity contribution in [3.8, 4) is 6.07 Å². The number of hydrogen-bond donors (Lipinski definition) is 0. The second-order valence-electron chi connectivity index (χ2n) is 6.63. The molecule has 6 nitrogen and oxygen atoms in total. The Morgan fingerprint density at radius 2 is 1.62 bits per heavy atom. The summed E-state index contributed by atoms with van der Waals surface area (Å²) >= 11 is 0. The number of nitrogens with zero attached hydrogens (tertiary/aromatic N) is 4. The van der Waals surface area contributed by atoms with Gasteiger partial charge in [0.05, 0.1) is 11.8 Å². The molecule has 0 amide bonds. The van der Waals surface area contributed by atoms with Crippen LogP contribution < -0.4 is 0 Å².